The fourth-order valence-electron chi connectivity index (χ4n) is 1.70. The van der Waals surface area contributed by atoms with Crippen molar-refractivity contribution in [1.29, 1.82) is 0 Å². The second-order valence-electron chi connectivity index (χ2n) is 3.87. The lowest BCUT2D eigenvalue weighted by Gasteiger charge is -2.15. The molecule has 102 valence electrons. The fraction of sp³-hybridized carbons (Fsp3) is 0.364. The molecule has 0 spiro atoms. The molecule has 8 nitrogen and oxygen atoms in total. The molecule has 0 amide bonds. The lowest BCUT2D eigenvalue weighted by atomic mass is 10.1. The number of aromatic nitrogens is 4. The number of rotatable bonds is 5. The molecular weight excluding hydrogens is 248 g/mol. The fourth-order valence-corrected chi connectivity index (χ4v) is 1.70. The van der Waals surface area contributed by atoms with E-state index in [0.717, 1.165) is 5.69 Å². The van der Waals surface area contributed by atoms with Gasteiger partial charge >= 0.3 is 0 Å². The summed E-state index contributed by atoms with van der Waals surface area (Å²) in [7, 11) is 4.90. The molecule has 0 aliphatic heterocycles. The molecule has 8 heteroatoms. The predicted molar refractivity (Wildman–Crippen MR) is 67.5 cm³/mol. The largest absolute Gasteiger partial charge is 0.480 e. The van der Waals surface area contributed by atoms with Crippen LogP contribution in [0.3, 0.4) is 0 Å². The lowest BCUT2D eigenvalue weighted by molar-refractivity contribution is 0.352. The maximum absolute atomic E-state index is 5.59. The number of ether oxygens (including phenoxy) is 2. The minimum atomic E-state index is -0.408. The van der Waals surface area contributed by atoms with Gasteiger partial charge in [-0.25, -0.2) is 15.4 Å². The van der Waals surface area contributed by atoms with Crippen LogP contribution in [0.25, 0.3) is 0 Å². The predicted octanol–water partition coefficient (Wildman–Crippen LogP) is -0.220. The van der Waals surface area contributed by atoms with E-state index in [1.165, 1.54) is 20.4 Å². The Morgan fingerprint density at radius 3 is 2.63 bits per heavy atom. The van der Waals surface area contributed by atoms with Gasteiger partial charge in [0.2, 0.25) is 11.8 Å². The van der Waals surface area contributed by atoms with Crippen molar-refractivity contribution in [3.8, 4) is 11.8 Å². The summed E-state index contributed by atoms with van der Waals surface area (Å²) in [6.07, 6.45) is 5.03. The van der Waals surface area contributed by atoms with E-state index in [1.54, 1.807) is 6.33 Å². The Morgan fingerprint density at radius 2 is 2.11 bits per heavy atom. The Morgan fingerprint density at radius 1 is 1.32 bits per heavy atom. The van der Waals surface area contributed by atoms with Gasteiger partial charge in [-0.05, 0) is 0 Å². The quantitative estimate of drug-likeness (QED) is 0.568. The minimum absolute atomic E-state index is 0.341. The molecule has 1 atom stereocenters. The second-order valence-corrected chi connectivity index (χ2v) is 3.87. The number of hydrazine groups is 1. The van der Waals surface area contributed by atoms with Crippen LogP contribution in [0, 0.1) is 0 Å². The van der Waals surface area contributed by atoms with Crippen molar-refractivity contribution in [3.63, 3.8) is 0 Å². The molecule has 0 fully saturated rings. The van der Waals surface area contributed by atoms with E-state index in [4.69, 9.17) is 15.3 Å². The Bertz CT molecular complexity index is 556. The Balaban J connectivity index is 2.43. The Hall–Kier alpha value is -2.19. The smallest absolute Gasteiger partial charge is 0.240 e. The third-order valence-corrected chi connectivity index (χ3v) is 2.61. The van der Waals surface area contributed by atoms with Gasteiger partial charge in [-0.1, -0.05) is 0 Å². The molecule has 0 aromatic carbocycles. The van der Waals surface area contributed by atoms with Crippen molar-refractivity contribution >= 4 is 0 Å². The molecule has 19 heavy (non-hydrogen) atoms. The van der Waals surface area contributed by atoms with Crippen molar-refractivity contribution in [1.82, 2.24) is 24.9 Å². The number of methoxy groups -OCH3 is 2. The molecule has 2 aromatic rings. The summed E-state index contributed by atoms with van der Waals surface area (Å²) in [6, 6.07) is -0.408. The van der Waals surface area contributed by atoms with Crippen LogP contribution in [0.15, 0.2) is 18.7 Å². The standard InChI is InChI=1S/C11H16N6O2/c1-17-5-7(14-6-17)9(16-12)10-11(19-3)15-8(18-2)4-13-10/h4-6,9,16H,12H2,1-3H3. The summed E-state index contributed by atoms with van der Waals surface area (Å²) in [5, 5.41) is 0. The maximum Gasteiger partial charge on any atom is 0.240 e. The molecule has 2 heterocycles. The summed E-state index contributed by atoms with van der Waals surface area (Å²) >= 11 is 0. The minimum Gasteiger partial charge on any atom is -0.480 e. The second kappa shape index (κ2) is 5.63. The van der Waals surface area contributed by atoms with Gasteiger partial charge in [-0.2, -0.15) is 4.98 Å². The van der Waals surface area contributed by atoms with Gasteiger partial charge in [-0.15, -0.1) is 0 Å². The summed E-state index contributed by atoms with van der Waals surface area (Å²) in [5.41, 5.74) is 3.93. The van der Waals surface area contributed by atoms with E-state index in [0.29, 0.717) is 17.5 Å². The summed E-state index contributed by atoms with van der Waals surface area (Å²) in [5.74, 6) is 6.30. The SMILES string of the molecule is COc1cnc(C(NN)c2cn(C)cn2)c(OC)n1. The molecule has 0 radical (unpaired) electrons. The average Bonchev–Trinajstić information content (AvgIpc) is 2.86. The molecule has 1 unspecified atom stereocenters. The van der Waals surface area contributed by atoms with Crippen LogP contribution in [0.5, 0.6) is 11.8 Å². The molecule has 2 rings (SSSR count). The average molecular weight is 264 g/mol. The molecule has 2 aromatic heterocycles. The van der Waals surface area contributed by atoms with E-state index in [-0.39, 0.29) is 0 Å². The number of imidazole rings is 1. The Kier molecular flexibility index (Phi) is 3.93. The van der Waals surface area contributed by atoms with E-state index in [9.17, 15) is 0 Å². The molecule has 0 aliphatic rings. The number of nitrogens with zero attached hydrogens (tertiary/aromatic N) is 4. The third kappa shape index (κ3) is 2.64. The van der Waals surface area contributed by atoms with Gasteiger partial charge in [0.1, 0.15) is 11.7 Å². The molecule has 0 bridgehead atoms. The van der Waals surface area contributed by atoms with E-state index >= 15 is 0 Å². The van der Waals surface area contributed by atoms with Gasteiger partial charge in [0.05, 0.1) is 32.4 Å². The van der Waals surface area contributed by atoms with Crippen LogP contribution in [0.1, 0.15) is 17.4 Å². The number of nitrogens with two attached hydrogens (primary N) is 1. The van der Waals surface area contributed by atoms with E-state index < -0.39 is 6.04 Å². The zero-order chi connectivity index (χ0) is 13.8. The van der Waals surface area contributed by atoms with Crippen LogP contribution in [0.4, 0.5) is 0 Å². The van der Waals surface area contributed by atoms with Crippen molar-refractivity contribution in [2.45, 2.75) is 6.04 Å². The summed E-state index contributed by atoms with van der Waals surface area (Å²) in [6.45, 7) is 0. The van der Waals surface area contributed by atoms with Crippen LogP contribution in [-0.4, -0.2) is 33.7 Å². The van der Waals surface area contributed by atoms with Crippen LogP contribution in [0.2, 0.25) is 0 Å². The number of aryl methyl sites for hydroxylation is 1. The first-order valence-corrected chi connectivity index (χ1v) is 5.58. The third-order valence-electron chi connectivity index (χ3n) is 2.61. The normalized spacial score (nSPS) is 12.2. The first kappa shape index (κ1) is 13.2. The molecule has 0 saturated heterocycles. The van der Waals surface area contributed by atoms with Crippen molar-refractivity contribution < 1.29 is 9.47 Å². The lowest BCUT2D eigenvalue weighted by Crippen LogP contribution is -2.30. The van der Waals surface area contributed by atoms with Crippen molar-refractivity contribution in [2.75, 3.05) is 14.2 Å². The van der Waals surface area contributed by atoms with Gasteiger partial charge < -0.3 is 14.0 Å². The highest BCUT2D eigenvalue weighted by Gasteiger charge is 2.22. The van der Waals surface area contributed by atoms with E-state index in [1.807, 2.05) is 17.8 Å². The number of hydrogen-bond acceptors (Lipinski definition) is 7. The zero-order valence-corrected chi connectivity index (χ0v) is 11.0. The first-order chi connectivity index (χ1) is 9.19. The number of nitrogens with one attached hydrogen (secondary N) is 1. The highest BCUT2D eigenvalue weighted by Crippen LogP contribution is 2.26. The highest BCUT2D eigenvalue weighted by atomic mass is 16.5. The highest BCUT2D eigenvalue weighted by molar-refractivity contribution is 5.30. The van der Waals surface area contributed by atoms with Gasteiger partial charge in [0, 0.05) is 13.2 Å². The maximum atomic E-state index is 5.59. The van der Waals surface area contributed by atoms with Crippen molar-refractivity contribution in [2.24, 2.45) is 12.9 Å². The van der Waals surface area contributed by atoms with E-state index in [2.05, 4.69) is 20.4 Å². The van der Waals surface area contributed by atoms with Crippen LogP contribution >= 0.6 is 0 Å². The van der Waals surface area contributed by atoms with Crippen molar-refractivity contribution in [3.05, 3.63) is 30.1 Å². The first-order valence-electron chi connectivity index (χ1n) is 5.58. The van der Waals surface area contributed by atoms with Gasteiger partial charge in [0.25, 0.3) is 0 Å². The molecule has 0 saturated carbocycles. The summed E-state index contributed by atoms with van der Waals surface area (Å²) < 4.78 is 12.0. The Labute approximate surface area is 110 Å². The van der Waals surface area contributed by atoms with Gasteiger partial charge in [-0.3, -0.25) is 5.84 Å². The van der Waals surface area contributed by atoms with Gasteiger partial charge in [0.15, 0.2) is 0 Å². The summed E-state index contributed by atoms with van der Waals surface area (Å²) in [4.78, 5) is 12.7. The monoisotopic (exact) mass is 264 g/mol. The molecular formula is C11H16N6O2. The molecule has 0 aliphatic carbocycles. The zero-order valence-electron chi connectivity index (χ0n) is 11.0. The molecule has 3 N–H and O–H groups in total. The number of hydrogen-bond donors (Lipinski definition) is 2. The van der Waals surface area contributed by atoms with Crippen LogP contribution in [-0.2, 0) is 7.05 Å². The topological polar surface area (TPSA) is 100 Å². The van der Waals surface area contributed by atoms with Crippen LogP contribution < -0.4 is 20.7 Å².